The van der Waals surface area contributed by atoms with Gasteiger partial charge in [0, 0.05) is 17.4 Å². The molecule has 2 aromatic heterocycles. The molecule has 0 spiro atoms. The van der Waals surface area contributed by atoms with Crippen LogP contribution in [-0.2, 0) is 6.42 Å². The van der Waals surface area contributed by atoms with Crippen LogP contribution in [0, 0.1) is 6.92 Å². The quantitative estimate of drug-likeness (QED) is 0.779. The number of halogens is 1. The van der Waals surface area contributed by atoms with Gasteiger partial charge in [-0.25, -0.2) is 9.97 Å². The van der Waals surface area contributed by atoms with Crippen LogP contribution in [-0.4, -0.2) is 9.97 Å². The van der Waals surface area contributed by atoms with Crippen LogP contribution in [0.2, 0.25) is 5.02 Å². The summed E-state index contributed by atoms with van der Waals surface area (Å²) in [6.07, 6.45) is 1.76. The Kier molecular flexibility index (Phi) is 3.55. The fraction of sp³-hybridized carbons (Fsp3) is 0.250. The molecule has 0 aliphatic rings. The second-order valence-corrected chi connectivity index (χ2v) is 5.42. The number of anilines is 1. The van der Waals surface area contributed by atoms with Gasteiger partial charge in [-0.05, 0) is 25.5 Å². The predicted molar refractivity (Wildman–Crippen MR) is 85.4 cm³/mol. The first-order chi connectivity index (χ1) is 10.1. The zero-order valence-electron chi connectivity index (χ0n) is 12.0. The summed E-state index contributed by atoms with van der Waals surface area (Å²) in [7, 11) is 0. The summed E-state index contributed by atoms with van der Waals surface area (Å²) >= 11 is 6.16. The van der Waals surface area contributed by atoms with E-state index in [0.29, 0.717) is 22.2 Å². The van der Waals surface area contributed by atoms with Crippen LogP contribution < -0.4 is 5.73 Å². The standard InChI is InChI=1S/C16H16ClN3O/c1-3-5-13-19-14(9(2)16(18)20-13)12-8-10-6-4-7-11(17)15(10)21-12/h4,6-8H,3,5H2,1-2H3,(H2,18,19,20). The number of aryl methyl sites for hydroxylation is 1. The fourth-order valence-corrected chi connectivity index (χ4v) is 2.52. The maximum atomic E-state index is 6.16. The molecule has 2 heterocycles. The summed E-state index contributed by atoms with van der Waals surface area (Å²) in [6.45, 7) is 3.98. The van der Waals surface area contributed by atoms with E-state index in [1.165, 1.54) is 0 Å². The molecule has 0 bridgehead atoms. The first-order valence-corrected chi connectivity index (χ1v) is 7.29. The molecular weight excluding hydrogens is 286 g/mol. The molecule has 0 atom stereocenters. The third-order valence-corrected chi connectivity index (χ3v) is 3.73. The molecule has 0 unspecified atom stereocenters. The molecule has 108 valence electrons. The molecule has 0 aliphatic carbocycles. The van der Waals surface area contributed by atoms with E-state index in [1.807, 2.05) is 25.1 Å². The molecule has 0 radical (unpaired) electrons. The van der Waals surface area contributed by atoms with Gasteiger partial charge in [0.1, 0.15) is 17.3 Å². The van der Waals surface area contributed by atoms with Crippen LogP contribution in [0.15, 0.2) is 28.7 Å². The zero-order chi connectivity index (χ0) is 15.0. The average Bonchev–Trinajstić information content (AvgIpc) is 2.88. The van der Waals surface area contributed by atoms with Gasteiger partial charge in [0.05, 0.1) is 5.02 Å². The Hall–Kier alpha value is -2.07. The number of rotatable bonds is 3. The highest BCUT2D eigenvalue weighted by Crippen LogP contribution is 2.33. The number of aromatic nitrogens is 2. The molecule has 0 aliphatic heterocycles. The first-order valence-electron chi connectivity index (χ1n) is 6.91. The summed E-state index contributed by atoms with van der Waals surface area (Å²) in [6, 6.07) is 7.60. The van der Waals surface area contributed by atoms with Crippen LogP contribution in [0.4, 0.5) is 5.82 Å². The number of nitrogen functional groups attached to an aromatic ring is 1. The van der Waals surface area contributed by atoms with Crippen LogP contribution in [0.3, 0.4) is 0 Å². The molecule has 3 aromatic rings. The maximum absolute atomic E-state index is 6.16. The van der Waals surface area contributed by atoms with E-state index in [9.17, 15) is 0 Å². The number of nitrogens with zero attached hydrogens (tertiary/aromatic N) is 2. The number of furan rings is 1. The molecule has 4 nitrogen and oxygen atoms in total. The minimum absolute atomic E-state index is 0.495. The molecular formula is C16H16ClN3O. The summed E-state index contributed by atoms with van der Waals surface area (Å²) in [5, 5.41) is 1.54. The lowest BCUT2D eigenvalue weighted by molar-refractivity contribution is 0.626. The van der Waals surface area contributed by atoms with Crippen molar-refractivity contribution in [1.82, 2.24) is 9.97 Å². The van der Waals surface area contributed by atoms with Gasteiger partial charge in [0.25, 0.3) is 0 Å². The second-order valence-electron chi connectivity index (χ2n) is 5.02. The average molecular weight is 302 g/mol. The summed E-state index contributed by atoms with van der Waals surface area (Å²) < 4.78 is 5.88. The van der Waals surface area contributed by atoms with Gasteiger partial charge in [-0.15, -0.1) is 0 Å². The lowest BCUT2D eigenvalue weighted by Crippen LogP contribution is -2.04. The van der Waals surface area contributed by atoms with E-state index in [4.69, 9.17) is 21.8 Å². The van der Waals surface area contributed by atoms with Gasteiger partial charge in [0.2, 0.25) is 0 Å². The molecule has 3 rings (SSSR count). The Morgan fingerprint density at radius 3 is 2.81 bits per heavy atom. The van der Waals surface area contributed by atoms with Crippen molar-refractivity contribution in [2.24, 2.45) is 0 Å². The minimum atomic E-state index is 0.495. The van der Waals surface area contributed by atoms with Crippen molar-refractivity contribution in [3.05, 3.63) is 40.7 Å². The van der Waals surface area contributed by atoms with Crippen molar-refractivity contribution in [3.8, 4) is 11.5 Å². The Balaban J connectivity index is 2.19. The molecule has 21 heavy (non-hydrogen) atoms. The summed E-state index contributed by atoms with van der Waals surface area (Å²) in [5.74, 6) is 1.90. The van der Waals surface area contributed by atoms with Gasteiger partial charge in [-0.2, -0.15) is 0 Å². The van der Waals surface area contributed by atoms with E-state index in [0.717, 1.165) is 35.3 Å². The lowest BCUT2D eigenvalue weighted by Gasteiger charge is -2.07. The number of benzene rings is 1. The van der Waals surface area contributed by atoms with Gasteiger partial charge in [-0.1, -0.05) is 30.7 Å². The van der Waals surface area contributed by atoms with Crippen molar-refractivity contribution in [2.75, 3.05) is 5.73 Å². The molecule has 0 fully saturated rings. The molecule has 0 amide bonds. The molecule has 0 saturated heterocycles. The number of hydrogen-bond acceptors (Lipinski definition) is 4. The first kappa shape index (κ1) is 13.9. The largest absolute Gasteiger partial charge is 0.453 e. The van der Waals surface area contributed by atoms with Crippen molar-refractivity contribution < 1.29 is 4.42 Å². The van der Waals surface area contributed by atoms with Crippen molar-refractivity contribution in [3.63, 3.8) is 0 Å². The van der Waals surface area contributed by atoms with E-state index in [-0.39, 0.29) is 0 Å². The van der Waals surface area contributed by atoms with Crippen molar-refractivity contribution >= 4 is 28.4 Å². The SMILES string of the molecule is CCCc1nc(N)c(C)c(-c2cc3cccc(Cl)c3o2)n1. The van der Waals surface area contributed by atoms with E-state index in [2.05, 4.69) is 16.9 Å². The Bertz CT molecular complexity index is 811. The number of fused-ring (bicyclic) bond motifs is 1. The van der Waals surface area contributed by atoms with Crippen LogP contribution >= 0.6 is 11.6 Å². The molecule has 1 aromatic carbocycles. The zero-order valence-corrected chi connectivity index (χ0v) is 12.7. The van der Waals surface area contributed by atoms with Gasteiger partial charge < -0.3 is 10.2 Å². The molecule has 2 N–H and O–H groups in total. The highest BCUT2D eigenvalue weighted by Gasteiger charge is 2.15. The summed E-state index contributed by atoms with van der Waals surface area (Å²) in [5.41, 5.74) is 8.22. The Morgan fingerprint density at radius 1 is 1.29 bits per heavy atom. The van der Waals surface area contributed by atoms with Crippen LogP contribution in [0.25, 0.3) is 22.4 Å². The minimum Gasteiger partial charge on any atom is -0.453 e. The predicted octanol–water partition coefficient (Wildman–Crippen LogP) is 4.39. The topological polar surface area (TPSA) is 64.9 Å². The fourth-order valence-electron chi connectivity index (χ4n) is 2.30. The van der Waals surface area contributed by atoms with E-state index < -0.39 is 0 Å². The monoisotopic (exact) mass is 301 g/mol. The van der Waals surface area contributed by atoms with Gasteiger partial charge in [-0.3, -0.25) is 0 Å². The smallest absolute Gasteiger partial charge is 0.154 e. The number of para-hydroxylation sites is 1. The van der Waals surface area contributed by atoms with Gasteiger partial charge >= 0.3 is 0 Å². The third-order valence-electron chi connectivity index (χ3n) is 3.43. The second kappa shape index (κ2) is 5.37. The van der Waals surface area contributed by atoms with Gasteiger partial charge in [0.15, 0.2) is 11.3 Å². The highest BCUT2D eigenvalue weighted by atomic mass is 35.5. The summed E-state index contributed by atoms with van der Waals surface area (Å²) in [4.78, 5) is 8.91. The third kappa shape index (κ3) is 2.47. The van der Waals surface area contributed by atoms with Crippen molar-refractivity contribution in [2.45, 2.75) is 26.7 Å². The molecule has 0 saturated carbocycles. The lowest BCUT2D eigenvalue weighted by atomic mass is 10.1. The van der Waals surface area contributed by atoms with E-state index >= 15 is 0 Å². The maximum Gasteiger partial charge on any atom is 0.154 e. The normalized spacial score (nSPS) is 11.2. The number of hydrogen-bond donors (Lipinski definition) is 1. The van der Waals surface area contributed by atoms with Crippen LogP contribution in [0.1, 0.15) is 24.7 Å². The Morgan fingerprint density at radius 2 is 2.10 bits per heavy atom. The highest BCUT2D eigenvalue weighted by molar-refractivity contribution is 6.34. The Labute approximate surface area is 128 Å². The molecule has 5 heteroatoms. The van der Waals surface area contributed by atoms with Crippen LogP contribution in [0.5, 0.6) is 0 Å². The van der Waals surface area contributed by atoms with E-state index in [1.54, 1.807) is 6.07 Å². The van der Waals surface area contributed by atoms with Crippen molar-refractivity contribution in [1.29, 1.82) is 0 Å². The number of nitrogens with two attached hydrogens (primary N) is 1.